The maximum Gasteiger partial charge on any atom is 0.227 e. The first-order chi connectivity index (χ1) is 26.7. The van der Waals surface area contributed by atoms with Gasteiger partial charge in [-0.05, 0) is 83.4 Å². The predicted octanol–water partition coefficient (Wildman–Crippen LogP) is 14.1. The Morgan fingerprint density at radius 2 is 0.963 bits per heavy atom. The van der Waals surface area contributed by atoms with Gasteiger partial charge in [0.15, 0.2) is 5.58 Å². The number of rotatable bonds is 6. The second-order valence-corrected chi connectivity index (χ2v) is 13.6. The predicted molar refractivity (Wildman–Crippen MR) is 220 cm³/mol. The smallest absolute Gasteiger partial charge is 0.227 e. The van der Waals surface area contributed by atoms with Crippen molar-refractivity contribution in [3.8, 4) is 33.7 Å². The minimum atomic E-state index is 0.600. The Kier molecular flexibility index (Phi) is 6.79. The summed E-state index contributed by atoms with van der Waals surface area (Å²) in [4.78, 5) is 7.07. The number of hydrogen-bond acceptors (Lipinski definition) is 5. The molecule has 0 aliphatic carbocycles. The Labute approximate surface area is 309 Å². The van der Waals surface area contributed by atoms with E-state index in [1.165, 1.54) is 11.1 Å². The number of benzene rings is 8. The Morgan fingerprint density at radius 1 is 0.352 bits per heavy atom. The average molecular weight is 695 g/mol. The van der Waals surface area contributed by atoms with Gasteiger partial charge in [-0.1, -0.05) is 109 Å². The first-order valence-corrected chi connectivity index (χ1v) is 18.0. The first kappa shape index (κ1) is 30.3. The van der Waals surface area contributed by atoms with Crippen molar-refractivity contribution in [2.75, 3.05) is 4.90 Å². The first-order valence-electron chi connectivity index (χ1n) is 18.0. The van der Waals surface area contributed by atoms with Gasteiger partial charge in [0.25, 0.3) is 0 Å². The van der Waals surface area contributed by atoms with Crippen LogP contribution in [0.25, 0.3) is 88.7 Å². The molecule has 0 unspecified atom stereocenters. The summed E-state index contributed by atoms with van der Waals surface area (Å²) in [6, 6.07) is 62.9. The fraction of sp³-hybridized carbons (Fsp3) is 0. The van der Waals surface area contributed by atoms with Crippen LogP contribution in [0.1, 0.15) is 0 Å². The lowest BCUT2D eigenvalue weighted by molar-refractivity contribution is 0.620. The zero-order valence-electron chi connectivity index (χ0n) is 28.9. The van der Waals surface area contributed by atoms with Gasteiger partial charge in [-0.15, -0.1) is 0 Å². The molecule has 254 valence electrons. The summed E-state index contributed by atoms with van der Waals surface area (Å²) in [6.45, 7) is 0. The maximum absolute atomic E-state index is 6.59. The molecule has 11 aromatic rings. The van der Waals surface area contributed by atoms with Crippen LogP contribution in [0, 0.1) is 0 Å². The Bertz CT molecular complexity index is 3140. The molecule has 0 saturated carbocycles. The van der Waals surface area contributed by atoms with E-state index in [0.29, 0.717) is 5.89 Å². The minimum absolute atomic E-state index is 0.600. The lowest BCUT2D eigenvalue weighted by Crippen LogP contribution is -2.09. The van der Waals surface area contributed by atoms with Gasteiger partial charge in [-0.3, -0.25) is 0 Å². The molecule has 3 heterocycles. The van der Waals surface area contributed by atoms with Crippen LogP contribution < -0.4 is 4.90 Å². The van der Waals surface area contributed by atoms with Crippen molar-refractivity contribution in [2.45, 2.75) is 0 Å². The van der Waals surface area contributed by atoms with Crippen molar-refractivity contribution in [1.82, 2.24) is 4.98 Å². The molecule has 0 radical (unpaired) electrons. The van der Waals surface area contributed by atoms with Crippen LogP contribution in [0.4, 0.5) is 17.1 Å². The largest absolute Gasteiger partial charge is 0.456 e. The van der Waals surface area contributed by atoms with E-state index >= 15 is 0 Å². The summed E-state index contributed by atoms with van der Waals surface area (Å²) in [5.41, 5.74) is 13.4. The van der Waals surface area contributed by atoms with Crippen molar-refractivity contribution in [1.29, 1.82) is 0 Å². The van der Waals surface area contributed by atoms with Crippen molar-refractivity contribution < 1.29 is 13.3 Å². The maximum atomic E-state index is 6.59. The van der Waals surface area contributed by atoms with E-state index in [4.69, 9.17) is 18.2 Å². The average Bonchev–Trinajstić information content (AvgIpc) is 3.94. The number of oxazole rings is 1. The Balaban J connectivity index is 1.000. The van der Waals surface area contributed by atoms with Crippen LogP contribution in [0.2, 0.25) is 0 Å². The number of hydrogen-bond donors (Lipinski definition) is 0. The number of para-hydroxylation sites is 2. The summed E-state index contributed by atoms with van der Waals surface area (Å²) in [6.07, 6.45) is 0. The molecule has 0 aliphatic heterocycles. The fourth-order valence-corrected chi connectivity index (χ4v) is 7.67. The van der Waals surface area contributed by atoms with Crippen LogP contribution in [0.3, 0.4) is 0 Å². The van der Waals surface area contributed by atoms with Crippen LogP contribution in [0.5, 0.6) is 0 Å². The summed E-state index contributed by atoms with van der Waals surface area (Å²) < 4.78 is 19.0. The molecular weight excluding hydrogens is 665 g/mol. The SMILES string of the molecule is c1ccc(-c2ccc(N(c3ccc(-c4cccc5c4oc4cc6nc(-c7ccccc7)oc6cc45)cc3)c3ccc4oc5ccccc5c4c3)cc2)cc1. The van der Waals surface area contributed by atoms with E-state index in [1.54, 1.807) is 0 Å². The highest BCUT2D eigenvalue weighted by Crippen LogP contribution is 2.42. The van der Waals surface area contributed by atoms with Gasteiger partial charge in [0.05, 0.1) is 0 Å². The summed E-state index contributed by atoms with van der Waals surface area (Å²) in [7, 11) is 0. The normalized spacial score (nSPS) is 11.7. The standard InChI is InChI=1S/C49H30N2O3/c1-3-10-31(11-4-1)32-18-22-35(23-19-32)51(37-26-27-45-41(28-37)39-14-7-8-17-44(39)52-45)36-24-20-33(21-25-36)38-15-9-16-40-42-29-47-43(30-46(42)53-48(38)40)50-49(54-47)34-12-5-2-6-13-34/h1-30H. The highest BCUT2D eigenvalue weighted by Gasteiger charge is 2.19. The minimum Gasteiger partial charge on any atom is -0.456 e. The van der Waals surface area contributed by atoms with E-state index in [-0.39, 0.29) is 0 Å². The quantitative estimate of drug-likeness (QED) is 0.173. The summed E-state index contributed by atoms with van der Waals surface area (Å²) in [5, 5.41) is 4.22. The van der Waals surface area contributed by atoms with Crippen LogP contribution >= 0.6 is 0 Å². The molecule has 11 rings (SSSR count). The number of fused-ring (bicyclic) bond motifs is 7. The van der Waals surface area contributed by atoms with Crippen molar-refractivity contribution >= 4 is 72.0 Å². The second-order valence-electron chi connectivity index (χ2n) is 13.6. The third kappa shape index (κ3) is 4.98. The fourth-order valence-electron chi connectivity index (χ4n) is 7.67. The van der Waals surface area contributed by atoms with E-state index in [9.17, 15) is 0 Å². The molecule has 0 atom stereocenters. The van der Waals surface area contributed by atoms with Crippen LogP contribution in [0.15, 0.2) is 195 Å². The molecule has 0 amide bonds. The van der Waals surface area contributed by atoms with E-state index < -0.39 is 0 Å². The van der Waals surface area contributed by atoms with Gasteiger partial charge < -0.3 is 18.2 Å². The van der Waals surface area contributed by atoms with Gasteiger partial charge in [0.2, 0.25) is 5.89 Å². The van der Waals surface area contributed by atoms with Gasteiger partial charge >= 0.3 is 0 Å². The van der Waals surface area contributed by atoms with Gasteiger partial charge in [-0.25, -0.2) is 4.98 Å². The summed E-state index contributed by atoms with van der Waals surface area (Å²) in [5.74, 6) is 0.600. The van der Waals surface area contributed by atoms with Crippen molar-refractivity contribution in [3.05, 3.63) is 182 Å². The lowest BCUT2D eigenvalue weighted by atomic mass is 10.0. The highest BCUT2D eigenvalue weighted by atomic mass is 16.4. The number of nitrogens with zero attached hydrogens (tertiary/aromatic N) is 2. The van der Waals surface area contributed by atoms with Gasteiger partial charge in [-0.2, -0.15) is 0 Å². The molecule has 5 heteroatoms. The van der Waals surface area contributed by atoms with Crippen molar-refractivity contribution in [3.63, 3.8) is 0 Å². The topological polar surface area (TPSA) is 55.6 Å². The molecule has 0 N–H and O–H groups in total. The molecule has 0 aliphatic rings. The molecule has 3 aromatic heterocycles. The van der Waals surface area contributed by atoms with Crippen molar-refractivity contribution in [2.24, 2.45) is 0 Å². The molecule has 54 heavy (non-hydrogen) atoms. The number of furan rings is 2. The number of aromatic nitrogens is 1. The zero-order chi connectivity index (χ0) is 35.6. The molecule has 0 spiro atoms. The van der Waals surface area contributed by atoms with Crippen LogP contribution in [-0.4, -0.2) is 4.98 Å². The molecule has 8 aromatic carbocycles. The molecule has 0 fully saturated rings. The monoisotopic (exact) mass is 694 g/mol. The second kappa shape index (κ2) is 12.1. The van der Waals surface area contributed by atoms with E-state index in [1.807, 2.05) is 60.7 Å². The highest BCUT2D eigenvalue weighted by molar-refractivity contribution is 6.12. The zero-order valence-corrected chi connectivity index (χ0v) is 28.9. The molecule has 0 bridgehead atoms. The molecule has 5 nitrogen and oxygen atoms in total. The third-order valence-corrected chi connectivity index (χ3v) is 10.3. The number of anilines is 3. The van der Waals surface area contributed by atoms with Gasteiger partial charge in [0.1, 0.15) is 27.8 Å². The lowest BCUT2D eigenvalue weighted by Gasteiger charge is -2.26. The summed E-state index contributed by atoms with van der Waals surface area (Å²) >= 11 is 0. The van der Waals surface area contributed by atoms with E-state index in [2.05, 4.69) is 126 Å². The molecule has 0 saturated heterocycles. The Hall–Kier alpha value is -7.37. The van der Waals surface area contributed by atoms with Crippen LogP contribution in [-0.2, 0) is 0 Å². The Morgan fingerprint density at radius 3 is 1.74 bits per heavy atom. The molecular formula is C49H30N2O3. The van der Waals surface area contributed by atoms with E-state index in [0.717, 1.165) is 88.7 Å². The third-order valence-electron chi connectivity index (χ3n) is 10.3. The van der Waals surface area contributed by atoms with Gasteiger partial charge in [0, 0.05) is 55.8 Å².